The topological polar surface area (TPSA) is 66.0 Å². The van der Waals surface area contributed by atoms with Crippen molar-refractivity contribution in [1.29, 1.82) is 0 Å². The van der Waals surface area contributed by atoms with E-state index in [1.54, 1.807) is 28.8 Å². The number of nitrogens with zero attached hydrogens (tertiary/aromatic N) is 3. The molecule has 0 amide bonds. The molecule has 5 nitrogen and oxygen atoms in total. The summed E-state index contributed by atoms with van der Waals surface area (Å²) in [5, 5.41) is 0. The fourth-order valence-corrected chi connectivity index (χ4v) is 1.92. The Morgan fingerprint density at radius 1 is 1.11 bits per heavy atom. The second kappa shape index (κ2) is 4.24. The molecule has 0 bridgehead atoms. The highest BCUT2D eigenvalue weighted by Crippen LogP contribution is 2.23. The lowest BCUT2D eigenvalue weighted by Gasteiger charge is -2.06. The summed E-state index contributed by atoms with van der Waals surface area (Å²) in [6, 6.07) is 9.45. The Kier molecular flexibility index (Phi) is 2.56. The van der Waals surface area contributed by atoms with Crippen molar-refractivity contribution < 1.29 is 9.13 Å². The lowest BCUT2D eigenvalue weighted by molar-refractivity contribution is 0.399. The Balaban J connectivity index is 2.26. The molecule has 0 saturated heterocycles. The number of pyridine rings is 1. The molecule has 0 atom stereocenters. The van der Waals surface area contributed by atoms with Crippen LogP contribution in [0.4, 0.5) is 10.3 Å². The molecule has 6 heteroatoms. The van der Waals surface area contributed by atoms with E-state index in [-0.39, 0.29) is 5.82 Å². The first-order valence-electron chi connectivity index (χ1n) is 5.64. The third-order valence-electron chi connectivity index (χ3n) is 2.80. The van der Waals surface area contributed by atoms with Crippen molar-refractivity contribution in [3.63, 3.8) is 0 Å². The van der Waals surface area contributed by atoms with Crippen LogP contribution >= 0.6 is 0 Å². The van der Waals surface area contributed by atoms with E-state index >= 15 is 0 Å². The zero-order valence-electron chi connectivity index (χ0n) is 10.2. The molecule has 0 spiro atoms. The van der Waals surface area contributed by atoms with Gasteiger partial charge in [0, 0.05) is 6.07 Å². The Bertz CT molecular complexity index is 736. The van der Waals surface area contributed by atoms with E-state index in [0.29, 0.717) is 28.7 Å². The summed E-state index contributed by atoms with van der Waals surface area (Å²) in [6.07, 6.45) is 0. The number of fused-ring (bicyclic) bond motifs is 1. The number of aromatic nitrogens is 3. The van der Waals surface area contributed by atoms with E-state index in [1.807, 2.05) is 0 Å². The third-order valence-corrected chi connectivity index (χ3v) is 2.80. The number of anilines is 1. The van der Waals surface area contributed by atoms with Crippen molar-refractivity contribution in [2.24, 2.45) is 0 Å². The molecule has 2 N–H and O–H groups in total. The molecule has 1 aromatic carbocycles. The minimum atomic E-state index is -0.308. The number of methoxy groups -OCH3 is 1. The molecule has 0 radical (unpaired) electrons. The smallest absolute Gasteiger partial charge is 0.215 e. The van der Waals surface area contributed by atoms with Gasteiger partial charge in [0.25, 0.3) is 0 Å². The summed E-state index contributed by atoms with van der Waals surface area (Å²) in [7, 11) is 1.54. The first kappa shape index (κ1) is 11.5. The van der Waals surface area contributed by atoms with Crippen molar-refractivity contribution in [1.82, 2.24) is 14.5 Å². The predicted molar refractivity (Wildman–Crippen MR) is 69.8 cm³/mol. The van der Waals surface area contributed by atoms with Gasteiger partial charge in [-0.05, 0) is 30.3 Å². The number of hydrogen-bond acceptors (Lipinski definition) is 4. The predicted octanol–water partition coefficient (Wildman–Crippen LogP) is 2.15. The number of hydrogen-bond donors (Lipinski definition) is 1. The van der Waals surface area contributed by atoms with E-state index < -0.39 is 0 Å². The third kappa shape index (κ3) is 1.87. The number of nitrogens with two attached hydrogens (primary N) is 1. The van der Waals surface area contributed by atoms with Gasteiger partial charge in [-0.2, -0.15) is 4.98 Å². The summed E-state index contributed by atoms with van der Waals surface area (Å²) in [6.45, 7) is 0. The second-order valence-corrected chi connectivity index (χ2v) is 3.98. The maximum atomic E-state index is 13.0. The molecule has 3 rings (SSSR count). The van der Waals surface area contributed by atoms with Crippen LogP contribution in [0.5, 0.6) is 5.88 Å². The molecule has 96 valence electrons. The summed E-state index contributed by atoms with van der Waals surface area (Å²) < 4.78 is 19.7. The molecular formula is C13H11FN4O. The summed E-state index contributed by atoms with van der Waals surface area (Å²) in [5.74, 6) is 0.454. The van der Waals surface area contributed by atoms with Gasteiger partial charge < -0.3 is 10.5 Å². The zero-order chi connectivity index (χ0) is 13.4. The lowest BCUT2D eigenvalue weighted by atomic mass is 10.3. The van der Waals surface area contributed by atoms with Gasteiger partial charge in [0.2, 0.25) is 11.8 Å². The number of halogens is 1. The van der Waals surface area contributed by atoms with E-state index in [1.165, 1.54) is 19.2 Å². The van der Waals surface area contributed by atoms with Crippen molar-refractivity contribution in [3.8, 4) is 11.6 Å². The molecular weight excluding hydrogens is 247 g/mol. The van der Waals surface area contributed by atoms with Crippen LogP contribution in [0.25, 0.3) is 16.9 Å². The van der Waals surface area contributed by atoms with Crippen LogP contribution in [-0.4, -0.2) is 21.6 Å². The maximum Gasteiger partial charge on any atom is 0.215 e. The van der Waals surface area contributed by atoms with Gasteiger partial charge >= 0.3 is 0 Å². The van der Waals surface area contributed by atoms with Crippen molar-refractivity contribution in [2.75, 3.05) is 12.8 Å². The van der Waals surface area contributed by atoms with Crippen LogP contribution < -0.4 is 10.5 Å². The summed E-state index contributed by atoms with van der Waals surface area (Å²) in [5.41, 5.74) is 7.82. The Hall–Kier alpha value is -2.63. The SMILES string of the molecule is COc1ccc2nc(N)n(-c3ccc(F)cc3)c2n1. The number of benzene rings is 1. The van der Waals surface area contributed by atoms with Crippen LogP contribution in [0.1, 0.15) is 0 Å². The fraction of sp³-hybridized carbons (Fsp3) is 0.0769. The molecule has 2 heterocycles. The van der Waals surface area contributed by atoms with E-state index in [2.05, 4.69) is 9.97 Å². The minimum Gasteiger partial charge on any atom is -0.481 e. The number of rotatable bonds is 2. The van der Waals surface area contributed by atoms with Gasteiger partial charge in [0.1, 0.15) is 11.3 Å². The van der Waals surface area contributed by atoms with Crippen molar-refractivity contribution in [3.05, 3.63) is 42.2 Å². The lowest BCUT2D eigenvalue weighted by Crippen LogP contribution is -2.01. The highest BCUT2D eigenvalue weighted by molar-refractivity contribution is 5.77. The highest BCUT2D eigenvalue weighted by atomic mass is 19.1. The molecule has 0 aliphatic heterocycles. The normalized spacial score (nSPS) is 10.8. The Labute approximate surface area is 108 Å². The van der Waals surface area contributed by atoms with E-state index in [0.717, 1.165) is 0 Å². The monoisotopic (exact) mass is 258 g/mol. The molecule has 3 aromatic rings. The van der Waals surface area contributed by atoms with E-state index in [4.69, 9.17) is 10.5 Å². The minimum absolute atomic E-state index is 0.294. The van der Waals surface area contributed by atoms with Gasteiger partial charge in [-0.3, -0.25) is 4.57 Å². The first-order chi connectivity index (χ1) is 9.19. The summed E-state index contributed by atoms with van der Waals surface area (Å²) in [4.78, 5) is 8.53. The zero-order valence-corrected chi connectivity index (χ0v) is 10.2. The average molecular weight is 258 g/mol. The van der Waals surface area contributed by atoms with Gasteiger partial charge in [0.15, 0.2) is 5.65 Å². The van der Waals surface area contributed by atoms with Crippen LogP contribution in [0, 0.1) is 5.82 Å². The Morgan fingerprint density at radius 3 is 2.53 bits per heavy atom. The quantitative estimate of drug-likeness (QED) is 0.764. The van der Waals surface area contributed by atoms with Crippen LogP contribution in [-0.2, 0) is 0 Å². The van der Waals surface area contributed by atoms with E-state index in [9.17, 15) is 4.39 Å². The molecule has 0 saturated carbocycles. The van der Waals surface area contributed by atoms with Crippen LogP contribution in [0.3, 0.4) is 0 Å². The first-order valence-corrected chi connectivity index (χ1v) is 5.64. The number of nitrogen functional groups attached to an aromatic ring is 1. The second-order valence-electron chi connectivity index (χ2n) is 3.98. The van der Waals surface area contributed by atoms with Crippen molar-refractivity contribution >= 4 is 17.1 Å². The van der Waals surface area contributed by atoms with Gasteiger partial charge in [0.05, 0.1) is 12.8 Å². The number of ether oxygens (including phenoxy) is 1. The number of imidazole rings is 1. The molecule has 0 fully saturated rings. The fourth-order valence-electron chi connectivity index (χ4n) is 1.92. The molecule has 0 aliphatic carbocycles. The van der Waals surface area contributed by atoms with Gasteiger partial charge in [-0.1, -0.05) is 0 Å². The standard InChI is InChI=1S/C13H11FN4O/c1-19-11-7-6-10-12(17-11)18(13(15)16-10)9-4-2-8(14)3-5-9/h2-7H,1H3,(H2,15,16). The van der Waals surface area contributed by atoms with Crippen molar-refractivity contribution in [2.45, 2.75) is 0 Å². The Morgan fingerprint density at radius 2 is 1.84 bits per heavy atom. The summed E-state index contributed by atoms with van der Waals surface area (Å²) >= 11 is 0. The van der Waals surface area contributed by atoms with Crippen LogP contribution in [0.2, 0.25) is 0 Å². The average Bonchev–Trinajstić information content (AvgIpc) is 2.75. The highest BCUT2D eigenvalue weighted by Gasteiger charge is 2.12. The van der Waals surface area contributed by atoms with Crippen LogP contribution in [0.15, 0.2) is 36.4 Å². The molecule has 0 aliphatic rings. The van der Waals surface area contributed by atoms with Gasteiger partial charge in [-0.25, -0.2) is 9.37 Å². The molecule has 19 heavy (non-hydrogen) atoms. The largest absolute Gasteiger partial charge is 0.481 e. The maximum absolute atomic E-state index is 13.0. The molecule has 0 unspecified atom stereocenters. The molecule has 2 aromatic heterocycles. The van der Waals surface area contributed by atoms with Gasteiger partial charge in [-0.15, -0.1) is 0 Å².